The van der Waals surface area contributed by atoms with E-state index in [-0.39, 0.29) is 10.6 Å². The van der Waals surface area contributed by atoms with Crippen LogP contribution in [0.25, 0.3) is 0 Å². The summed E-state index contributed by atoms with van der Waals surface area (Å²) in [4.78, 5) is 19.4. The maximum absolute atomic E-state index is 10.9. The Labute approximate surface area is 117 Å². The number of hydrogen-bond donors (Lipinski definition) is 2. The number of rotatable bonds is 3. The molecule has 0 heterocycles. The minimum Gasteiger partial charge on any atom is -0.465 e. The molecule has 0 radical (unpaired) electrons. The Hall–Kier alpha value is -2.11. The molecule has 0 aliphatic heterocycles. The summed E-state index contributed by atoms with van der Waals surface area (Å²) < 4.78 is 0. The number of nitro groups is 1. The predicted molar refractivity (Wildman–Crippen MR) is 75.6 cm³/mol. The summed E-state index contributed by atoms with van der Waals surface area (Å²) in [6.45, 7) is 0. The van der Waals surface area contributed by atoms with E-state index in [0.29, 0.717) is 5.92 Å². The van der Waals surface area contributed by atoms with Crippen LogP contribution in [0.1, 0.15) is 37.7 Å². The molecular formula is C14H20N2O4. The number of nitro benzene ring substituents is 1. The van der Waals surface area contributed by atoms with E-state index >= 15 is 0 Å². The summed E-state index contributed by atoms with van der Waals surface area (Å²) in [5.41, 5.74) is 5.22. The van der Waals surface area contributed by atoms with Gasteiger partial charge in [0.25, 0.3) is 5.69 Å². The van der Waals surface area contributed by atoms with Gasteiger partial charge in [0.1, 0.15) is 0 Å². The fourth-order valence-electron chi connectivity index (χ4n) is 2.56. The van der Waals surface area contributed by atoms with E-state index < -0.39 is 6.09 Å². The minimum atomic E-state index is -1.33. The third kappa shape index (κ3) is 5.69. The highest BCUT2D eigenvalue weighted by Crippen LogP contribution is 2.29. The maximum Gasteiger partial charge on any atom is 0.402 e. The topological polar surface area (TPSA) is 106 Å². The normalized spacial score (nSPS) is 15.0. The Morgan fingerprint density at radius 2 is 1.85 bits per heavy atom. The van der Waals surface area contributed by atoms with Crippen molar-refractivity contribution in [2.45, 2.75) is 38.5 Å². The average Bonchev–Trinajstić information content (AvgIpc) is 2.39. The van der Waals surface area contributed by atoms with Crippen LogP contribution < -0.4 is 5.73 Å². The minimum absolute atomic E-state index is 0.266. The van der Waals surface area contributed by atoms with Crippen LogP contribution >= 0.6 is 0 Å². The van der Waals surface area contributed by atoms with Gasteiger partial charge in [-0.05, 0) is 12.3 Å². The molecule has 0 atom stereocenters. The van der Waals surface area contributed by atoms with E-state index in [1.54, 1.807) is 12.1 Å². The van der Waals surface area contributed by atoms with Crippen LogP contribution in [-0.4, -0.2) is 16.1 Å². The zero-order chi connectivity index (χ0) is 15.0. The smallest absolute Gasteiger partial charge is 0.402 e. The van der Waals surface area contributed by atoms with Gasteiger partial charge in [-0.3, -0.25) is 10.1 Å². The van der Waals surface area contributed by atoms with E-state index in [2.05, 4.69) is 5.73 Å². The molecule has 1 aliphatic carbocycles. The Morgan fingerprint density at radius 3 is 2.40 bits per heavy atom. The van der Waals surface area contributed by atoms with Gasteiger partial charge in [-0.2, -0.15) is 0 Å². The van der Waals surface area contributed by atoms with Crippen LogP contribution in [0.2, 0.25) is 0 Å². The van der Waals surface area contributed by atoms with Crippen molar-refractivity contribution >= 4 is 11.8 Å². The number of primary amides is 1. The molecule has 3 N–H and O–H groups in total. The summed E-state index contributed by atoms with van der Waals surface area (Å²) in [6, 6.07) is 7.14. The van der Waals surface area contributed by atoms with Crippen molar-refractivity contribution in [3.05, 3.63) is 39.9 Å². The first-order valence-corrected chi connectivity index (χ1v) is 6.71. The van der Waals surface area contributed by atoms with Crippen molar-refractivity contribution in [2.75, 3.05) is 0 Å². The highest BCUT2D eigenvalue weighted by atomic mass is 16.6. The van der Waals surface area contributed by atoms with Gasteiger partial charge in [0.15, 0.2) is 0 Å². The van der Waals surface area contributed by atoms with Gasteiger partial charge in [-0.25, -0.2) is 4.79 Å². The largest absolute Gasteiger partial charge is 0.465 e. The Balaban J connectivity index is 0.000000444. The molecule has 110 valence electrons. The lowest BCUT2D eigenvalue weighted by atomic mass is 9.84. The maximum atomic E-state index is 10.9. The van der Waals surface area contributed by atoms with Gasteiger partial charge in [0, 0.05) is 11.6 Å². The number of hydrogen-bond acceptors (Lipinski definition) is 3. The van der Waals surface area contributed by atoms with Crippen LogP contribution in [0, 0.1) is 16.0 Å². The van der Waals surface area contributed by atoms with Gasteiger partial charge in [-0.1, -0.05) is 50.3 Å². The second kappa shape index (κ2) is 8.14. The number of para-hydroxylation sites is 1. The van der Waals surface area contributed by atoms with Gasteiger partial charge >= 0.3 is 6.09 Å². The van der Waals surface area contributed by atoms with Crippen LogP contribution in [-0.2, 0) is 6.42 Å². The van der Waals surface area contributed by atoms with E-state index in [4.69, 9.17) is 9.90 Å². The zero-order valence-corrected chi connectivity index (χ0v) is 11.3. The fourth-order valence-corrected chi connectivity index (χ4v) is 2.56. The second-order valence-corrected chi connectivity index (χ2v) is 4.93. The number of nitrogens with zero attached hydrogens (tertiary/aromatic N) is 1. The Morgan fingerprint density at radius 1 is 1.30 bits per heavy atom. The number of amides is 1. The van der Waals surface area contributed by atoms with Crippen molar-refractivity contribution in [3.63, 3.8) is 0 Å². The van der Waals surface area contributed by atoms with Crippen molar-refractivity contribution in [1.29, 1.82) is 0 Å². The molecule has 0 unspecified atom stereocenters. The Kier molecular flexibility index (Phi) is 6.49. The predicted octanol–water partition coefficient (Wildman–Crippen LogP) is 3.34. The molecule has 1 amide bonds. The number of nitrogens with two attached hydrogens (primary N) is 1. The zero-order valence-electron chi connectivity index (χ0n) is 11.3. The fraction of sp³-hybridized carbons (Fsp3) is 0.500. The summed E-state index contributed by atoms with van der Waals surface area (Å²) in [6.07, 6.45) is 5.89. The first kappa shape index (κ1) is 15.9. The first-order chi connectivity index (χ1) is 9.50. The van der Waals surface area contributed by atoms with E-state index in [1.807, 2.05) is 12.1 Å². The summed E-state index contributed by atoms with van der Waals surface area (Å²) in [5, 5.41) is 18.1. The summed E-state index contributed by atoms with van der Waals surface area (Å²) >= 11 is 0. The lowest BCUT2D eigenvalue weighted by molar-refractivity contribution is -0.385. The SMILES string of the molecule is NC(=O)O.O=[N+]([O-])c1ccccc1CC1CCCCC1. The van der Waals surface area contributed by atoms with Crippen LogP contribution in [0.4, 0.5) is 10.5 Å². The second-order valence-electron chi connectivity index (χ2n) is 4.93. The van der Waals surface area contributed by atoms with E-state index in [1.165, 1.54) is 32.1 Å². The molecule has 6 nitrogen and oxygen atoms in total. The average molecular weight is 280 g/mol. The molecule has 0 bridgehead atoms. The third-order valence-corrected chi connectivity index (χ3v) is 3.42. The molecule has 1 aromatic carbocycles. The highest BCUT2D eigenvalue weighted by molar-refractivity contribution is 5.61. The number of carboxylic acid groups (broad SMARTS) is 1. The van der Waals surface area contributed by atoms with Crippen LogP contribution in [0.15, 0.2) is 24.3 Å². The molecule has 0 saturated heterocycles. The molecule has 6 heteroatoms. The van der Waals surface area contributed by atoms with Crippen LogP contribution in [0.3, 0.4) is 0 Å². The van der Waals surface area contributed by atoms with Gasteiger partial charge in [0.2, 0.25) is 0 Å². The lowest BCUT2D eigenvalue weighted by Gasteiger charge is -2.21. The molecule has 1 aliphatic rings. The molecule has 1 saturated carbocycles. The van der Waals surface area contributed by atoms with E-state index in [9.17, 15) is 10.1 Å². The monoisotopic (exact) mass is 280 g/mol. The molecule has 0 spiro atoms. The molecule has 20 heavy (non-hydrogen) atoms. The highest BCUT2D eigenvalue weighted by Gasteiger charge is 2.19. The summed E-state index contributed by atoms with van der Waals surface area (Å²) in [7, 11) is 0. The van der Waals surface area contributed by atoms with Crippen molar-refractivity contribution < 1.29 is 14.8 Å². The van der Waals surface area contributed by atoms with Crippen molar-refractivity contribution in [1.82, 2.24) is 0 Å². The lowest BCUT2D eigenvalue weighted by Crippen LogP contribution is -2.10. The first-order valence-electron chi connectivity index (χ1n) is 6.71. The van der Waals surface area contributed by atoms with Crippen molar-refractivity contribution in [3.8, 4) is 0 Å². The van der Waals surface area contributed by atoms with Crippen LogP contribution in [0.5, 0.6) is 0 Å². The number of benzene rings is 1. The standard InChI is InChI=1S/C13H17NO2.CH3NO2/c15-14(16)13-9-5-4-8-12(13)10-11-6-2-1-3-7-11;2-1(3)4/h4-5,8-9,11H,1-3,6-7,10H2;2H2,(H,3,4). The Bertz CT molecular complexity index is 452. The third-order valence-electron chi connectivity index (χ3n) is 3.42. The quantitative estimate of drug-likeness (QED) is 0.654. The van der Waals surface area contributed by atoms with Gasteiger partial charge in [0.05, 0.1) is 4.92 Å². The van der Waals surface area contributed by atoms with Gasteiger partial charge in [-0.15, -0.1) is 0 Å². The molecule has 0 aromatic heterocycles. The van der Waals surface area contributed by atoms with Crippen molar-refractivity contribution in [2.24, 2.45) is 11.7 Å². The molecule has 2 rings (SSSR count). The molecule has 1 fully saturated rings. The van der Waals surface area contributed by atoms with E-state index in [0.717, 1.165) is 12.0 Å². The van der Waals surface area contributed by atoms with Gasteiger partial charge < -0.3 is 10.8 Å². The summed E-state index contributed by atoms with van der Waals surface area (Å²) in [5.74, 6) is 0.648. The molecule has 1 aromatic rings. The molecular weight excluding hydrogens is 260 g/mol. The number of carbonyl (C=O) groups is 1.